The maximum absolute atomic E-state index is 12.8. The number of thioether (sulfide) groups is 1. The quantitative estimate of drug-likeness (QED) is 0.326. The third-order valence-corrected chi connectivity index (χ3v) is 6.08. The smallest absolute Gasteiger partial charge is 0.255 e. The Bertz CT molecular complexity index is 1150. The molecule has 1 amide bonds. The maximum Gasteiger partial charge on any atom is 0.255 e. The monoisotopic (exact) mass is 417 g/mol. The number of nitrogens with one attached hydrogen (secondary N) is 2. The molecule has 7 heteroatoms. The summed E-state index contributed by atoms with van der Waals surface area (Å²) < 4.78 is 0. The van der Waals surface area contributed by atoms with Gasteiger partial charge in [-0.2, -0.15) is 0 Å². The number of carbonyl (C=O) groups is 1. The average Bonchev–Trinajstić information content (AvgIpc) is 3.27. The van der Waals surface area contributed by atoms with Crippen LogP contribution in [0.2, 0.25) is 0 Å². The largest absolute Gasteiger partial charge is 0.341 e. The first kappa shape index (κ1) is 20.1. The molecule has 0 aliphatic heterocycles. The van der Waals surface area contributed by atoms with Gasteiger partial charge in [0.2, 0.25) is 0 Å². The Morgan fingerprint density at radius 2 is 1.73 bits per heavy atom. The van der Waals surface area contributed by atoms with Crippen LogP contribution < -0.4 is 5.32 Å². The van der Waals surface area contributed by atoms with Crippen LogP contribution in [0.1, 0.15) is 40.9 Å². The van der Waals surface area contributed by atoms with Gasteiger partial charge in [0.15, 0.2) is 5.65 Å². The molecule has 0 radical (unpaired) electrons. The van der Waals surface area contributed by atoms with Crippen molar-refractivity contribution in [2.75, 3.05) is 5.32 Å². The molecule has 2 heterocycles. The Kier molecular flexibility index (Phi) is 6.09. The van der Waals surface area contributed by atoms with Gasteiger partial charge in [0.05, 0.1) is 6.33 Å². The highest BCUT2D eigenvalue weighted by Gasteiger charge is 2.12. The number of hydrogen-bond acceptors (Lipinski definition) is 5. The highest BCUT2D eigenvalue weighted by atomic mass is 32.2. The Balaban J connectivity index is 1.45. The molecule has 0 atom stereocenters. The number of para-hydroxylation sites is 1. The van der Waals surface area contributed by atoms with E-state index in [1.54, 1.807) is 18.1 Å². The second-order valence-corrected chi connectivity index (χ2v) is 7.84. The van der Waals surface area contributed by atoms with Gasteiger partial charge in [-0.3, -0.25) is 4.79 Å². The number of rotatable bonds is 7. The summed E-state index contributed by atoms with van der Waals surface area (Å²) in [7, 11) is 0. The number of fused-ring (bicyclic) bond motifs is 1. The summed E-state index contributed by atoms with van der Waals surface area (Å²) in [6.45, 7) is 4.21. The summed E-state index contributed by atoms with van der Waals surface area (Å²) in [6, 6.07) is 13.9. The highest BCUT2D eigenvalue weighted by Crippen LogP contribution is 2.26. The van der Waals surface area contributed by atoms with E-state index in [0.717, 1.165) is 51.5 Å². The molecule has 0 saturated carbocycles. The second kappa shape index (κ2) is 9.09. The minimum absolute atomic E-state index is 0.0835. The summed E-state index contributed by atoms with van der Waals surface area (Å²) in [5.41, 5.74) is 6.54. The lowest BCUT2D eigenvalue weighted by Crippen LogP contribution is -2.14. The van der Waals surface area contributed by atoms with E-state index in [1.165, 1.54) is 6.33 Å². The van der Waals surface area contributed by atoms with E-state index in [9.17, 15) is 4.79 Å². The SMILES string of the molecule is CCc1cccc(CC)c1NC(=O)c1ccc(CSc2ncnc3nc[nH]c23)cc1. The van der Waals surface area contributed by atoms with Crippen LogP contribution in [0.4, 0.5) is 5.69 Å². The number of nitrogens with zero attached hydrogens (tertiary/aromatic N) is 3. The van der Waals surface area contributed by atoms with Crippen molar-refractivity contribution in [1.29, 1.82) is 0 Å². The van der Waals surface area contributed by atoms with Gasteiger partial charge in [-0.15, -0.1) is 0 Å². The van der Waals surface area contributed by atoms with Crippen LogP contribution in [0, 0.1) is 0 Å². The molecule has 0 unspecified atom stereocenters. The number of aromatic amines is 1. The van der Waals surface area contributed by atoms with E-state index < -0.39 is 0 Å². The Labute approximate surface area is 179 Å². The van der Waals surface area contributed by atoms with Crippen LogP contribution >= 0.6 is 11.8 Å². The first-order chi connectivity index (χ1) is 14.7. The Morgan fingerprint density at radius 3 is 2.43 bits per heavy atom. The lowest BCUT2D eigenvalue weighted by atomic mass is 10.0. The standard InChI is InChI=1S/C23H23N5OS/c1-3-16-6-5-7-17(4-2)19(16)28-22(29)18-10-8-15(9-11-18)12-30-23-20-21(25-13-24-20)26-14-27-23/h5-11,13-14H,3-4,12H2,1-2H3,(H,28,29)(H,24,25,26,27). The van der Waals surface area contributed by atoms with Gasteiger partial charge in [-0.1, -0.05) is 55.9 Å². The summed E-state index contributed by atoms with van der Waals surface area (Å²) in [5, 5.41) is 3.98. The first-order valence-electron chi connectivity index (χ1n) is 9.97. The molecule has 0 spiro atoms. The molecule has 0 aliphatic rings. The van der Waals surface area contributed by atoms with E-state index in [0.29, 0.717) is 11.2 Å². The van der Waals surface area contributed by atoms with Crippen molar-refractivity contribution in [1.82, 2.24) is 19.9 Å². The van der Waals surface area contributed by atoms with Crippen molar-refractivity contribution >= 4 is 34.5 Å². The average molecular weight is 418 g/mol. The Morgan fingerprint density at radius 1 is 1.00 bits per heavy atom. The van der Waals surface area contributed by atoms with Gasteiger partial charge < -0.3 is 10.3 Å². The molecule has 0 aliphatic carbocycles. The van der Waals surface area contributed by atoms with Crippen molar-refractivity contribution in [3.05, 3.63) is 77.4 Å². The lowest BCUT2D eigenvalue weighted by molar-refractivity contribution is 0.102. The summed E-state index contributed by atoms with van der Waals surface area (Å²) in [4.78, 5) is 28.5. The molecule has 2 N–H and O–H groups in total. The van der Waals surface area contributed by atoms with E-state index in [1.807, 2.05) is 24.3 Å². The Hall–Kier alpha value is -3.19. The van der Waals surface area contributed by atoms with Crippen molar-refractivity contribution in [3.63, 3.8) is 0 Å². The fraction of sp³-hybridized carbons (Fsp3) is 0.217. The maximum atomic E-state index is 12.8. The van der Waals surface area contributed by atoms with Crippen molar-refractivity contribution < 1.29 is 4.79 Å². The minimum atomic E-state index is -0.0835. The van der Waals surface area contributed by atoms with E-state index >= 15 is 0 Å². The van der Waals surface area contributed by atoms with Crippen LogP contribution in [0.5, 0.6) is 0 Å². The zero-order valence-electron chi connectivity index (χ0n) is 17.0. The predicted molar refractivity (Wildman–Crippen MR) is 121 cm³/mol. The molecule has 0 saturated heterocycles. The van der Waals surface area contributed by atoms with Gasteiger partial charge >= 0.3 is 0 Å². The van der Waals surface area contributed by atoms with Crippen molar-refractivity contribution in [2.24, 2.45) is 0 Å². The van der Waals surface area contributed by atoms with Crippen LogP contribution in [0.25, 0.3) is 11.2 Å². The molecule has 152 valence electrons. The van der Waals surface area contributed by atoms with Gasteiger partial charge in [-0.05, 0) is 41.7 Å². The number of H-pyrrole nitrogens is 1. The molecule has 4 rings (SSSR count). The van der Waals surface area contributed by atoms with Crippen molar-refractivity contribution in [3.8, 4) is 0 Å². The van der Waals surface area contributed by atoms with E-state index in [-0.39, 0.29) is 5.91 Å². The number of anilines is 1. The molecule has 6 nitrogen and oxygen atoms in total. The zero-order valence-corrected chi connectivity index (χ0v) is 17.8. The second-order valence-electron chi connectivity index (χ2n) is 6.88. The van der Waals surface area contributed by atoms with Crippen LogP contribution in [-0.4, -0.2) is 25.8 Å². The topological polar surface area (TPSA) is 83.6 Å². The summed E-state index contributed by atoms with van der Waals surface area (Å²) in [6.07, 6.45) is 4.91. The zero-order chi connectivity index (χ0) is 20.9. The number of hydrogen-bond donors (Lipinski definition) is 2. The number of benzene rings is 2. The fourth-order valence-corrected chi connectivity index (χ4v) is 4.26. The van der Waals surface area contributed by atoms with Gasteiger partial charge in [0, 0.05) is 17.0 Å². The molecular weight excluding hydrogens is 394 g/mol. The first-order valence-corrected chi connectivity index (χ1v) is 11.0. The van der Waals surface area contributed by atoms with Gasteiger partial charge in [0.1, 0.15) is 16.9 Å². The molecular formula is C23H23N5OS. The van der Waals surface area contributed by atoms with Crippen molar-refractivity contribution in [2.45, 2.75) is 37.5 Å². The molecule has 2 aromatic carbocycles. The molecule has 4 aromatic rings. The predicted octanol–water partition coefficient (Wildman–Crippen LogP) is 5.02. The fourth-order valence-electron chi connectivity index (χ4n) is 3.35. The van der Waals surface area contributed by atoms with Gasteiger partial charge in [-0.25, -0.2) is 15.0 Å². The summed E-state index contributed by atoms with van der Waals surface area (Å²) >= 11 is 1.61. The number of aryl methyl sites for hydroxylation is 2. The van der Waals surface area contributed by atoms with Crippen LogP contribution in [0.3, 0.4) is 0 Å². The molecule has 2 aromatic heterocycles. The lowest BCUT2D eigenvalue weighted by Gasteiger charge is -2.14. The number of imidazole rings is 1. The van der Waals surface area contributed by atoms with E-state index in [4.69, 9.17) is 0 Å². The van der Waals surface area contributed by atoms with Gasteiger partial charge in [0.25, 0.3) is 5.91 Å². The number of aromatic nitrogens is 4. The highest BCUT2D eigenvalue weighted by molar-refractivity contribution is 7.98. The summed E-state index contributed by atoms with van der Waals surface area (Å²) in [5.74, 6) is 0.658. The third-order valence-electron chi connectivity index (χ3n) is 5.02. The minimum Gasteiger partial charge on any atom is -0.341 e. The van der Waals surface area contributed by atoms with Crippen LogP contribution in [-0.2, 0) is 18.6 Å². The molecule has 30 heavy (non-hydrogen) atoms. The number of carbonyl (C=O) groups excluding carboxylic acids is 1. The third kappa shape index (κ3) is 4.21. The van der Waals surface area contributed by atoms with E-state index in [2.05, 4.69) is 57.3 Å². The number of amides is 1. The molecule has 0 bridgehead atoms. The van der Waals surface area contributed by atoms with Crippen LogP contribution in [0.15, 0.2) is 60.1 Å². The normalized spacial score (nSPS) is 11.0. The molecule has 0 fully saturated rings.